The van der Waals surface area contributed by atoms with Gasteiger partial charge >= 0.3 is 0 Å². The molecule has 1 atom stereocenters. The summed E-state index contributed by atoms with van der Waals surface area (Å²) >= 11 is 6.31. The minimum atomic E-state index is -0.544. The first-order chi connectivity index (χ1) is 9.97. The summed E-state index contributed by atoms with van der Waals surface area (Å²) in [6.45, 7) is 4.33. The van der Waals surface area contributed by atoms with Crippen molar-refractivity contribution < 1.29 is 8.78 Å². The van der Waals surface area contributed by atoms with E-state index in [0.717, 1.165) is 12.0 Å². The zero-order chi connectivity index (χ0) is 15.4. The lowest BCUT2D eigenvalue weighted by atomic mass is 9.98. The standard InChI is InChI=1S/C18H19ClF2/c1-12(2)10-13-6-8-14(9-7-13)16(19)11-15-17(20)4-3-5-18(15)21/h3-9,12,16H,10-11H2,1-2H3. The van der Waals surface area contributed by atoms with Crippen LogP contribution in [0.25, 0.3) is 0 Å². The number of hydrogen-bond donors (Lipinski definition) is 0. The number of halogens is 3. The molecule has 0 radical (unpaired) electrons. The average Bonchev–Trinajstić information content (AvgIpc) is 2.43. The van der Waals surface area contributed by atoms with Gasteiger partial charge in [-0.1, -0.05) is 44.2 Å². The van der Waals surface area contributed by atoms with Gasteiger partial charge in [0, 0.05) is 5.56 Å². The molecular formula is C18H19ClF2. The zero-order valence-corrected chi connectivity index (χ0v) is 13.0. The molecule has 0 spiro atoms. The fraction of sp³-hybridized carbons (Fsp3) is 0.333. The van der Waals surface area contributed by atoms with Crippen LogP contribution in [-0.2, 0) is 12.8 Å². The molecule has 21 heavy (non-hydrogen) atoms. The zero-order valence-electron chi connectivity index (χ0n) is 12.2. The Bertz CT molecular complexity index is 570. The van der Waals surface area contributed by atoms with Gasteiger partial charge in [0.2, 0.25) is 0 Å². The molecule has 2 aromatic rings. The normalized spacial score (nSPS) is 12.7. The second-order valence-corrected chi connectivity index (χ2v) is 6.24. The van der Waals surface area contributed by atoms with Crippen LogP contribution in [0.4, 0.5) is 8.78 Å². The first kappa shape index (κ1) is 16.0. The van der Waals surface area contributed by atoms with Crippen molar-refractivity contribution in [2.75, 3.05) is 0 Å². The second-order valence-electron chi connectivity index (χ2n) is 5.71. The van der Waals surface area contributed by atoms with Gasteiger partial charge in [-0.2, -0.15) is 0 Å². The molecule has 0 saturated carbocycles. The van der Waals surface area contributed by atoms with E-state index in [1.165, 1.54) is 23.8 Å². The number of benzene rings is 2. The molecule has 0 aliphatic rings. The van der Waals surface area contributed by atoms with Crippen LogP contribution in [0.1, 0.15) is 35.9 Å². The minimum absolute atomic E-state index is 0.0451. The Morgan fingerprint density at radius 3 is 2.00 bits per heavy atom. The predicted octanol–water partition coefficient (Wildman–Crippen LogP) is 5.69. The smallest absolute Gasteiger partial charge is 0.129 e. The van der Waals surface area contributed by atoms with E-state index >= 15 is 0 Å². The van der Waals surface area contributed by atoms with E-state index in [0.29, 0.717) is 5.92 Å². The second kappa shape index (κ2) is 7.04. The molecule has 0 saturated heterocycles. The molecule has 1 unspecified atom stereocenters. The first-order valence-electron chi connectivity index (χ1n) is 7.13. The lowest BCUT2D eigenvalue weighted by molar-refractivity contribution is 0.553. The maximum absolute atomic E-state index is 13.6. The van der Waals surface area contributed by atoms with Gasteiger partial charge in [-0.15, -0.1) is 11.6 Å². The van der Waals surface area contributed by atoms with Crippen molar-refractivity contribution in [2.24, 2.45) is 5.92 Å². The van der Waals surface area contributed by atoms with Gasteiger partial charge in [0.25, 0.3) is 0 Å². The third kappa shape index (κ3) is 4.28. The molecule has 0 nitrogen and oxygen atoms in total. The average molecular weight is 309 g/mol. The number of rotatable bonds is 5. The molecule has 0 aliphatic heterocycles. The van der Waals surface area contributed by atoms with Crippen molar-refractivity contribution in [3.63, 3.8) is 0 Å². The maximum Gasteiger partial charge on any atom is 0.129 e. The van der Waals surface area contributed by atoms with E-state index in [2.05, 4.69) is 13.8 Å². The van der Waals surface area contributed by atoms with Crippen molar-refractivity contribution in [3.8, 4) is 0 Å². The maximum atomic E-state index is 13.6. The highest BCUT2D eigenvalue weighted by molar-refractivity contribution is 6.20. The van der Waals surface area contributed by atoms with E-state index in [1.807, 2.05) is 24.3 Å². The lowest BCUT2D eigenvalue weighted by Crippen LogP contribution is -2.02. The molecule has 0 aliphatic carbocycles. The largest absolute Gasteiger partial charge is 0.207 e. The molecule has 0 amide bonds. The van der Waals surface area contributed by atoms with Crippen LogP contribution in [0.3, 0.4) is 0 Å². The Kier molecular flexibility index (Phi) is 5.35. The Morgan fingerprint density at radius 1 is 0.905 bits per heavy atom. The summed E-state index contributed by atoms with van der Waals surface area (Å²) < 4.78 is 27.3. The minimum Gasteiger partial charge on any atom is -0.207 e. The van der Waals surface area contributed by atoms with Crippen LogP contribution in [0.2, 0.25) is 0 Å². The van der Waals surface area contributed by atoms with Crippen molar-refractivity contribution >= 4 is 11.6 Å². The van der Waals surface area contributed by atoms with E-state index in [4.69, 9.17) is 11.6 Å². The van der Waals surface area contributed by atoms with Gasteiger partial charge in [0.05, 0.1) is 5.38 Å². The summed E-state index contributed by atoms with van der Waals surface area (Å²) in [6, 6.07) is 11.8. The number of hydrogen-bond acceptors (Lipinski definition) is 0. The predicted molar refractivity (Wildman–Crippen MR) is 83.6 cm³/mol. The Morgan fingerprint density at radius 2 is 1.48 bits per heavy atom. The van der Waals surface area contributed by atoms with Gasteiger partial charge in [-0.05, 0) is 42.0 Å². The molecule has 0 heterocycles. The van der Waals surface area contributed by atoms with Crippen LogP contribution in [0.15, 0.2) is 42.5 Å². The van der Waals surface area contributed by atoms with Crippen molar-refractivity contribution in [2.45, 2.75) is 32.1 Å². The van der Waals surface area contributed by atoms with Gasteiger partial charge in [-0.25, -0.2) is 8.78 Å². The highest BCUT2D eigenvalue weighted by Crippen LogP contribution is 2.28. The Hall–Kier alpha value is -1.41. The van der Waals surface area contributed by atoms with Crippen LogP contribution in [0, 0.1) is 17.6 Å². The Labute approximate surface area is 129 Å². The molecule has 0 N–H and O–H groups in total. The fourth-order valence-corrected chi connectivity index (χ4v) is 2.66. The molecule has 0 fully saturated rings. The summed E-state index contributed by atoms with van der Waals surface area (Å²) in [5.41, 5.74) is 2.17. The highest BCUT2D eigenvalue weighted by Gasteiger charge is 2.15. The molecule has 2 rings (SSSR count). The molecular weight excluding hydrogens is 290 g/mol. The van der Waals surface area contributed by atoms with E-state index in [9.17, 15) is 8.78 Å². The summed E-state index contributed by atoms with van der Waals surface area (Å²) in [5.74, 6) is -0.496. The molecule has 0 bridgehead atoms. The SMILES string of the molecule is CC(C)Cc1ccc(C(Cl)Cc2c(F)cccc2F)cc1. The third-order valence-corrected chi connectivity index (χ3v) is 3.84. The van der Waals surface area contributed by atoms with Crippen LogP contribution < -0.4 is 0 Å². The van der Waals surface area contributed by atoms with Crippen molar-refractivity contribution in [1.82, 2.24) is 0 Å². The summed E-state index contributed by atoms with van der Waals surface area (Å²) in [6.07, 6.45) is 1.15. The van der Waals surface area contributed by atoms with Crippen molar-refractivity contribution in [3.05, 3.63) is 70.8 Å². The monoisotopic (exact) mass is 308 g/mol. The van der Waals surface area contributed by atoms with Gasteiger partial charge in [-0.3, -0.25) is 0 Å². The van der Waals surface area contributed by atoms with E-state index in [1.54, 1.807) is 0 Å². The highest BCUT2D eigenvalue weighted by atomic mass is 35.5. The van der Waals surface area contributed by atoms with Crippen LogP contribution in [-0.4, -0.2) is 0 Å². The third-order valence-electron chi connectivity index (χ3n) is 3.43. The molecule has 2 aromatic carbocycles. The van der Waals surface area contributed by atoms with Crippen LogP contribution in [0.5, 0.6) is 0 Å². The summed E-state index contributed by atoms with van der Waals surface area (Å²) in [5, 5.41) is -0.440. The van der Waals surface area contributed by atoms with Crippen molar-refractivity contribution in [1.29, 1.82) is 0 Å². The number of alkyl halides is 1. The van der Waals surface area contributed by atoms with Crippen LogP contribution >= 0.6 is 11.6 Å². The van der Waals surface area contributed by atoms with Gasteiger partial charge in [0.1, 0.15) is 11.6 Å². The fourth-order valence-electron chi connectivity index (χ4n) is 2.36. The molecule has 0 aromatic heterocycles. The summed E-state index contributed by atoms with van der Waals surface area (Å²) in [7, 11) is 0. The first-order valence-corrected chi connectivity index (χ1v) is 7.56. The van der Waals surface area contributed by atoms with Gasteiger partial charge < -0.3 is 0 Å². The molecule has 112 valence electrons. The summed E-state index contributed by atoms with van der Waals surface area (Å²) in [4.78, 5) is 0. The quantitative estimate of drug-likeness (QED) is 0.623. The van der Waals surface area contributed by atoms with E-state index < -0.39 is 17.0 Å². The Balaban J connectivity index is 2.11. The van der Waals surface area contributed by atoms with E-state index in [-0.39, 0.29) is 12.0 Å². The topological polar surface area (TPSA) is 0 Å². The molecule has 3 heteroatoms. The lowest BCUT2D eigenvalue weighted by Gasteiger charge is -2.13. The van der Waals surface area contributed by atoms with Gasteiger partial charge in [0.15, 0.2) is 0 Å².